The SMILES string of the molecule is COc1ccc(CN(C(=O)CN(Cc2ccccc2)S(C)(=O)=O)[C@H](C)C(=O)NC[C@@H]2CCCO2)cc1. The molecule has 2 atom stereocenters. The van der Waals surface area contributed by atoms with Crippen LogP contribution in [0.25, 0.3) is 0 Å². The third-order valence-corrected chi connectivity index (χ3v) is 7.39. The Hall–Kier alpha value is -2.95. The van der Waals surface area contributed by atoms with E-state index in [1.54, 1.807) is 38.3 Å². The highest BCUT2D eigenvalue weighted by molar-refractivity contribution is 7.88. The Labute approximate surface area is 213 Å². The summed E-state index contributed by atoms with van der Waals surface area (Å²) in [4.78, 5) is 27.9. The van der Waals surface area contributed by atoms with Gasteiger partial charge in [-0.3, -0.25) is 9.59 Å². The minimum absolute atomic E-state index is 0.0292. The molecule has 1 heterocycles. The van der Waals surface area contributed by atoms with Gasteiger partial charge in [-0.25, -0.2) is 8.42 Å². The van der Waals surface area contributed by atoms with Crippen LogP contribution >= 0.6 is 0 Å². The molecule has 0 spiro atoms. The highest BCUT2D eigenvalue weighted by Crippen LogP contribution is 2.17. The van der Waals surface area contributed by atoms with E-state index in [0.717, 1.165) is 34.5 Å². The van der Waals surface area contributed by atoms with Crippen molar-refractivity contribution in [2.24, 2.45) is 0 Å². The van der Waals surface area contributed by atoms with Gasteiger partial charge in [-0.05, 0) is 43.0 Å². The predicted octanol–water partition coefficient (Wildman–Crippen LogP) is 2.17. The Morgan fingerprint density at radius 2 is 1.75 bits per heavy atom. The monoisotopic (exact) mass is 517 g/mol. The van der Waals surface area contributed by atoms with Gasteiger partial charge in [0.1, 0.15) is 11.8 Å². The summed E-state index contributed by atoms with van der Waals surface area (Å²) in [5.41, 5.74) is 1.55. The minimum atomic E-state index is -3.69. The van der Waals surface area contributed by atoms with E-state index >= 15 is 0 Å². The van der Waals surface area contributed by atoms with E-state index in [2.05, 4.69) is 5.32 Å². The standard InChI is InChI=1S/C26H35N3O6S/c1-20(26(31)27-16-24-10-7-15-35-24)29(18-22-11-13-23(34-2)14-12-22)25(30)19-28(36(3,32)33)17-21-8-5-4-6-9-21/h4-6,8-9,11-14,20,24H,7,10,15-19H2,1-3H3,(H,27,31)/t20-,24+/m1/s1. The lowest BCUT2D eigenvalue weighted by Crippen LogP contribution is -2.51. The molecular formula is C26H35N3O6S. The van der Waals surface area contributed by atoms with E-state index in [9.17, 15) is 18.0 Å². The molecule has 0 aromatic heterocycles. The second kappa shape index (κ2) is 12.8. The normalized spacial score (nSPS) is 16.5. The first-order valence-electron chi connectivity index (χ1n) is 12.0. The van der Waals surface area contributed by atoms with Crippen LogP contribution in [0.1, 0.15) is 30.9 Å². The van der Waals surface area contributed by atoms with Crippen LogP contribution in [0.15, 0.2) is 54.6 Å². The largest absolute Gasteiger partial charge is 0.497 e. The average Bonchev–Trinajstić information content (AvgIpc) is 3.39. The second-order valence-electron chi connectivity index (χ2n) is 8.94. The lowest BCUT2D eigenvalue weighted by Gasteiger charge is -2.31. The maximum absolute atomic E-state index is 13.5. The predicted molar refractivity (Wildman–Crippen MR) is 137 cm³/mol. The molecule has 9 nitrogen and oxygen atoms in total. The Balaban J connectivity index is 1.78. The van der Waals surface area contributed by atoms with Crippen molar-refractivity contribution in [2.75, 3.05) is 33.1 Å². The van der Waals surface area contributed by atoms with Gasteiger partial charge in [0.2, 0.25) is 21.8 Å². The zero-order chi connectivity index (χ0) is 26.1. The van der Waals surface area contributed by atoms with Crippen LogP contribution in [0.2, 0.25) is 0 Å². The number of carbonyl (C=O) groups is 2. The molecule has 0 saturated carbocycles. The number of benzene rings is 2. The van der Waals surface area contributed by atoms with Crippen LogP contribution in [0.4, 0.5) is 0 Å². The van der Waals surface area contributed by atoms with E-state index in [4.69, 9.17) is 9.47 Å². The summed E-state index contributed by atoms with van der Waals surface area (Å²) in [5, 5.41) is 2.88. The number of ether oxygens (including phenoxy) is 2. The van der Waals surface area contributed by atoms with E-state index < -0.39 is 22.0 Å². The van der Waals surface area contributed by atoms with Crippen LogP contribution in [0.3, 0.4) is 0 Å². The summed E-state index contributed by atoms with van der Waals surface area (Å²) in [6.45, 7) is 2.52. The molecular weight excluding hydrogens is 482 g/mol. The van der Waals surface area contributed by atoms with Gasteiger partial charge in [0.15, 0.2) is 0 Å². The van der Waals surface area contributed by atoms with Crippen LogP contribution in [0.5, 0.6) is 5.75 Å². The highest BCUT2D eigenvalue weighted by Gasteiger charge is 2.30. The van der Waals surface area contributed by atoms with Gasteiger partial charge in [0.25, 0.3) is 0 Å². The molecule has 1 aliphatic heterocycles. The summed E-state index contributed by atoms with van der Waals surface area (Å²) >= 11 is 0. The second-order valence-corrected chi connectivity index (χ2v) is 10.9. The number of amides is 2. The van der Waals surface area contributed by atoms with Gasteiger partial charge < -0.3 is 19.7 Å². The zero-order valence-electron chi connectivity index (χ0n) is 21.1. The maximum atomic E-state index is 13.5. The van der Waals surface area contributed by atoms with Crippen LogP contribution in [-0.4, -0.2) is 74.6 Å². The Bertz CT molecular complexity index is 1100. The van der Waals surface area contributed by atoms with Gasteiger partial charge in [0.05, 0.1) is 26.0 Å². The summed E-state index contributed by atoms with van der Waals surface area (Å²) in [5.74, 6) is -0.113. The van der Waals surface area contributed by atoms with E-state index in [1.807, 2.05) is 30.3 Å². The molecule has 1 fully saturated rings. The number of hydrogen-bond acceptors (Lipinski definition) is 6. The van der Waals surface area contributed by atoms with Gasteiger partial charge >= 0.3 is 0 Å². The molecule has 10 heteroatoms. The van der Waals surface area contributed by atoms with Crippen LogP contribution in [0, 0.1) is 0 Å². The molecule has 196 valence electrons. The zero-order valence-corrected chi connectivity index (χ0v) is 21.9. The van der Waals surface area contributed by atoms with E-state index in [-0.39, 0.29) is 31.6 Å². The molecule has 2 aromatic carbocycles. The molecule has 36 heavy (non-hydrogen) atoms. The summed E-state index contributed by atoms with van der Waals surface area (Å²) in [6, 6.07) is 15.4. The van der Waals surface area contributed by atoms with Crippen molar-refractivity contribution >= 4 is 21.8 Å². The van der Waals surface area contributed by atoms with Gasteiger partial charge in [-0.2, -0.15) is 4.31 Å². The number of rotatable bonds is 12. The number of sulfonamides is 1. The topological polar surface area (TPSA) is 105 Å². The van der Waals surface area contributed by atoms with Crippen molar-refractivity contribution in [1.29, 1.82) is 0 Å². The lowest BCUT2D eigenvalue weighted by molar-refractivity contribution is -0.141. The van der Waals surface area contributed by atoms with Gasteiger partial charge in [-0.15, -0.1) is 0 Å². The number of nitrogens with one attached hydrogen (secondary N) is 1. The van der Waals surface area contributed by atoms with Crippen LogP contribution in [-0.2, 0) is 37.4 Å². The van der Waals surface area contributed by atoms with Crippen molar-refractivity contribution in [3.05, 3.63) is 65.7 Å². The Morgan fingerprint density at radius 1 is 1.08 bits per heavy atom. The lowest BCUT2D eigenvalue weighted by atomic mass is 10.1. The quantitative estimate of drug-likeness (QED) is 0.463. The Kier molecular flexibility index (Phi) is 9.86. The molecule has 0 radical (unpaired) electrons. The molecule has 0 aliphatic carbocycles. The van der Waals surface area contributed by atoms with Crippen molar-refractivity contribution < 1.29 is 27.5 Å². The number of nitrogens with zero attached hydrogens (tertiary/aromatic N) is 2. The first kappa shape index (κ1) is 27.6. The summed E-state index contributed by atoms with van der Waals surface area (Å²) in [6.07, 6.45) is 2.89. The van der Waals surface area contributed by atoms with Crippen LogP contribution < -0.4 is 10.1 Å². The average molecular weight is 518 g/mol. The minimum Gasteiger partial charge on any atom is -0.497 e. The fourth-order valence-corrected chi connectivity index (χ4v) is 4.73. The molecule has 2 amide bonds. The first-order chi connectivity index (χ1) is 17.2. The summed E-state index contributed by atoms with van der Waals surface area (Å²) < 4.78 is 37.0. The third-order valence-electron chi connectivity index (χ3n) is 6.19. The van der Waals surface area contributed by atoms with Crippen molar-refractivity contribution in [3.8, 4) is 5.75 Å². The third kappa shape index (κ3) is 8.04. The maximum Gasteiger partial charge on any atom is 0.242 e. The molecule has 1 saturated heterocycles. The van der Waals surface area contributed by atoms with Gasteiger partial charge in [0, 0.05) is 26.2 Å². The van der Waals surface area contributed by atoms with Gasteiger partial charge in [-0.1, -0.05) is 42.5 Å². The number of hydrogen-bond donors (Lipinski definition) is 1. The summed E-state index contributed by atoms with van der Waals surface area (Å²) in [7, 11) is -2.12. The first-order valence-corrected chi connectivity index (χ1v) is 13.8. The number of methoxy groups -OCH3 is 1. The van der Waals surface area contributed by atoms with Crippen molar-refractivity contribution in [2.45, 2.75) is 45.0 Å². The molecule has 2 aromatic rings. The molecule has 0 unspecified atom stereocenters. The molecule has 3 rings (SSSR count). The highest BCUT2D eigenvalue weighted by atomic mass is 32.2. The van der Waals surface area contributed by atoms with E-state index in [1.165, 1.54) is 4.90 Å². The van der Waals surface area contributed by atoms with Crippen molar-refractivity contribution in [1.82, 2.24) is 14.5 Å². The fourth-order valence-electron chi connectivity index (χ4n) is 4.00. The smallest absolute Gasteiger partial charge is 0.242 e. The number of carbonyl (C=O) groups excluding carboxylic acids is 2. The fraction of sp³-hybridized carbons (Fsp3) is 0.462. The molecule has 1 N–H and O–H groups in total. The molecule has 0 bridgehead atoms. The Morgan fingerprint density at radius 3 is 2.33 bits per heavy atom. The van der Waals surface area contributed by atoms with E-state index in [0.29, 0.717) is 18.9 Å². The molecule has 1 aliphatic rings. The van der Waals surface area contributed by atoms with Crippen molar-refractivity contribution in [3.63, 3.8) is 0 Å².